The van der Waals surface area contributed by atoms with Crippen LogP contribution >= 0.6 is 0 Å². The monoisotopic (exact) mass is 248 g/mol. The second-order valence-corrected chi connectivity index (χ2v) is 5.27. The molecule has 100 valence electrons. The largest absolute Gasteiger partial charge is 0.391 e. The van der Waals surface area contributed by atoms with E-state index in [0.29, 0.717) is 0 Å². The van der Waals surface area contributed by atoms with Crippen LogP contribution in [0.3, 0.4) is 0 Å². The molecule has 1 aliphatic rings. The van der Waals surface area contributed by atoms with Crippen molar-refractivity contribution in [1.29, 1.82) is 0 Å². The smallest absolute Gasteiger partial charge is 0.0707 e. The van der Waals surface area contributed by atoms with Gasteiger partial charge in [0.25, 0.3) is 0 Å². The Morgan fingerprint density at radius 3 is 2.72 bits per heavy atom. The molecule has 0 saturated carbocycles. The third-order valence-corrected chi connectivity index (χ3v) is 3.85. The quantitative estimate of drug-likeness (QED) is 0.838. The van der Waals surface area contributed by atoms with Crippen molar-refractivity contribution in [3.8, 4) is 0 Å². The van der Waals surface area contributed by atoms with Gasteiger partial charge >= 0.3 is 0 Å². The molecule has 2 rings (SSSR count). The van der Waals surface area contributed by atoms with Crippen LogP contribution in [0.25, 0.3) is 0 Å². The van der Waals surface area contributed by atoms with Crippen LogP contribution in [0.4, 0.5) is 0 Å². The fourth-order valence-corrected chi connectivity index (χ4v) is 2.54. The third kappa shape index (κ3) is 3.55. The van der Waals surface area contributed by atoms with E-state index in [1.54, 1.807) is 0 Å². The number of aryl methyl sites for hydroxylation is 1. The van der Waals surface area contributed by atoms with Crippen molar-refractivity contribution in [2.24, 2.45) is 0 Å². The van der Waals surface area contributed by atoms with Crippen LogP contribution in [0.15, 0.2) is 18.2 Å². The summed E-state index contributed by atoms with van der Waals surface area (Å²) in [6.07, 6.45) is 0.501. The zero-order chi connectivity index (χ0) is 13.0. The van der Waals surface area contributed by atoms with Crippen LogP contribution in [0.5, 0.6) is 0 Å². The van der Waals surface area contributed by atoms with E-state index in [2.05, 4.69) is 42.3 Å². The van der Waals surface area contributed by atoms with Gasteiger partial charge in [-0.1, -0.05) is 18.2 Å². The van der Waals surface area contributed by atoms with Crippen molar-refractivity contribution in [2.75, 3.05) is 32.7 Å². The van der Waals surface area contributed by atoms with Gasteiger partial charge in [0.05, 0.1) is 6.10 Å². The van der Waals surface area contributed by atoms with Crippen LogP contribution in [0.2, 0.25) is 0 Å². The first-order chi connectivity index (χ1) is 8.66. The Balaban J connectivity index is 1.90. The van der Waals surface area contributed by atoms with E-state index in [9.17, 15) is 5.11 Å². The number of nitrogens with zero attached hydrogens (tertiary/aromatic N) is 1. The average Bonchev–Trinajstić information content (AvgIpc) is 2.36. The highest BCUT2D eigenvalue weighted by molar-refractivity contribution is 5.33. The van der Waals surface area contributed by atoms with Crippen LogP contribution in [0, 0.1) is 13.8 Å². The molecule has 1 aromatic carbocycles. The summed E-state index contributed by atoms with van der Waals surface area (Å²) in [5, 5.41) is 13.5. The van der Waals surface area contributed by atoms with Gasteiger partial charge in [0.2, 0.25) is 0 Å². The molecule has 1 unspecified atom stereocenters. The molecule has 0 amide bonds. The van der Waals surface area contributed by atoms with Crippen LogP contribution in [-0.2, 0) is 6.42 Å². The highest BCUT2D eigenvalue weighted by atomic mass is 16.3. The maximum absolute atomic E-state index is 10.2. The number of aliphatic hydroxyl groups excluding tert-OH is 1. The number of rotatable bonds is 4. The summed E-state index contributed by atoms with van der Waals surface area (Å²) in [6, 6.07) is 6.33. The summed E-state index contributed by atoms with van der Waals surface area (Å²) in [5.41, 5.74) is 3.90. The molecule has 0 bridgehead atoms. The normalized spacial score (nSPS) is 18.8. The highest BCUT2D eigenvalue weighted by Gasteiger charge is 2.15. The predicted octanol–water partition coefficient (Wildman–Crippen LogP) is 1.11. The van der Waals surface area contributed by atoms with Crippen molar-refractivity contribution in [1.82, 2.24) is 10.2 Å². The van der Waals surface area contributed by atoms with Gasteiger partial charge in [-0.2, -0.15) is 0 Å². The molecule has 1 fully saturated rings. The third-order valence-electron chi connectivity index (χ3n) is 3.85. The second-order valence-electron chi connectivity index (χ2n) is 5.27. The van der Waals surface area contributed by atoms with Gasteiger partial charge in [-0.15, -0.1) is 0 Å². The van der Waals surface area contributed by atoms with Gasteiger partial charge in [-0.3, -0.25) is 4.90 Å². The van der Waals surface area contributed by atoms with Crippen molar-refractivity contribution in [3.05, 3.63) is 34.9 Å². The Labute approximate surface area is 110 Å². The van der Waals surface area contributed by atoms with E-state index in [1.807, 2.05) is 0 Å². The van der Waals surface area contributed by atoms with Gasteiger partial charge in [-0.25, -0.2) is 0 Å². The minimum Gasteiger partial charge on any atom is -0.391 e. The number of aliphatic hydroxyl groups is 1. The molecule has 0 aliphatic carbocycles. The Bertz CT molecular complexity index is 386. The molecule has 0 radical (unpaired) electrons. The van der Waals surface area contributed by atoms with Gasteiger partial charge in [0.1, 0.15) is 0 Å². The first-order valence-corrected chi connectivity index (χ1v) is 6.83. The Morgan fingerprint density at radius 2 is 2.00 bits per heavy atom. The fourth-order valence-electron chi connectivity index (χ4n) is 2.54. The summed E-state index contributed by atoms with van der Waals surface area (Å²) in [6.45, 7) is 9.22. The Morgan fingerprint density at radius 1 is 1.28 bits per heavy atom. The summed E-state index contributed by atoms with van der Waals surface area (Å²) in [7, 11) is 0. The fraction of sp³-hybridized carbons (Fsp3) is 0.600. The molecule has 1 saturated heterocycles. The van der Waals surface area contributed by atoms with E-state index in [0.717, 1.165) is 39.1 Å². The molecular formula is C15H24N2O. The lowest BCUT2D eigenvalue weighted by Crippen LogP contribution is -2.46. The summed E-state index contributed by atoms with van der Waals surface area (Å²) in [4.78, 5) is 2.34. The van der Waals surface area contributed by atoms with Gasteiger partial charge in [-0.05, 0) is 37.0 Å². The van der Waals surface area contributed by atoms with E-state index in [1.165, 1.54) is 16.7 Å². The first-order valence-electron chi connectivity index (χ1n) is 6.83. The molecular weight excluding hydrogens is 224 g/mol. The molecule has 3 nitrogen and oxygen atoms in total. The molecule has 1 atom stereocenters. The molecule has 0 aromatic heterocycles. The first kappa shape index (κ1) is 13.5. The zero-order valence-corrected chi connectivity index (χ0v) is 11.4. The van der Waals surface area contributed by atoms with Crippen molar-refractivity contribution < 1.29 is 5.11 Å². The topological polar surface area (TPSA) is 35.5 Å². The van der Waals surface area contributed by atoms with E-state index in [-0.39, 0.29) is 6.10 Å². The molecule has 1 aliphatic heterocycles. The molecule has 2 N–H and O–H groups in total. The van der Waals surface area contributed by atoms with Gasteiger partial charge < -0.3 is 10.4 Å². The van der Waals surface area contributed by atoms with Crippen molar-refractivity contribution >= 4 is 0 Å². The lowest BCUT2D eigenvalue weighted by Gasteiger charge is -2.29. The maximum atomic E-state index is 10.2. The lowest BCUT2D eigenvalue weighted by molar-refractivity contribution is 0.105. The highest BCUT2D eigenvalue weighted by Crippen LogP contribution is 2.15. The predicted molar refractivity (Wildman–Crippen MR) is 74.9 cm³/mol. The van der Waals surface area contributed by atoms with Crippen molar-refractivity contribution in [3.63, 3.8) is 0 Å². The number of nitrogens with one attached hydrogen (secondary N) is 1. The molecule has 1 aromatic rings. The maximum Gasteiger partial charge on any atom is 0.0707 e. The van der Waals surface area contributed by atoms with Crippen LogP contribution < -0.4 is 5.32 Å². The molecule has 3 heteroatoms. The van der Waals surface area contributed by atoms with E-state index in [4.69, 9.17) is 0 Å². The number of β-amino-alcohol motifs (C(OH)–C–C–N with tert-alkyl or cyclic N) is 1. The Kier molecular flexibility index (Phi) is 4.75. The van der Waals surface area contributed by atoms with Crippen molar-refractivity contribution in [2.45, 2.75) is 26.4 Å². The minimum atomic E-state index is -0.261. The molecule has 18 heavy (non-hydrogen) atoms. The van der Waals surface area contributed by atoms with Crippen LogP contribution in [-0.4, -0.2) is 48.8 Å². The van der Waals surface area contributed by atoms with E-state index < -0.39 is 0 Å². The SMILES string of the molecule is Cc1cccc(CC(O)CN2CCNCC2)c1C. The van der Waals surface area contributed by atoms with Gasteiger partial charge in [0, 0.05) is 32.7 Å². The number of hydrogen-bond donors (Lipinski definition) is 2. The van der Waals surface area contributed by atoms with Gasteiger partial charge in [0.15, 0.2) is 0 Å². The zero-order valence-electron chi connectivity index (χ0n) is 11.4. The summed E-state index contributed by atoms with van der Waals surface area (Å²) < 4.78 is 0. The minimum absolute atomic E-state index is 0.261. The van der Waals surface area contributed by atoms with Crippen LogP contribution in [0.1, 0.15) is 16.7 Å². The number of benzene rings is 1. The lowest BCUT2D eigenvalue weighted by atomic mass is 9.98. The van der Waals surface area contributed by atoms with E-state index >= 15 is 0 Å². The summed E-state index contributed by atoms with van der Waals surface area (Å²) >= 11 is 0. The summed E-state index contributed by atoms with van der Waals surface area (Å²) in [5.74, 6) is 0. The molecule has 0 spiro atoms. The number of hydrogen-bond acceptors (Lipinski definition) is 3. The standard InChI is InChI=1S/C15H24N2O/c1-12-4-3-5-14(13(12)2)10-15(18)11-17-8-6-16-7-9-17/h3-5,15-16,18H,6-11H2,1-2H3. The average molecular weight is 248 g/mol. The number of piperazine rings is 1. The Hall–Kier alpha value is -0.900. The molecule has 1 heterocycles. The second kappa shape index (κ2) is 6.32.